The van der Waals surface area contributed by atoms with Crippen molar-refractivity contribution in [1.82, 2.24) is 10.4 Å². The van der Waals surface area contributed by atoms with Crippen LogP contribution in [0.4, 0.5) is 0 Å². The average Bonchev–Trinajstić information content (AvgIpc) is 2.64. The molecule has 0 saturated heterocycles. The predicted molar refractivity (Wildman–Crippen MR) is 90.2 cm³/mol. The molecular formula is C19H15N3O. The Balaban J connectivity index is 1.91. The average molecular weight is 301 g/mol. The van der Waals surface area contributed by atoms with Gasteiger partial charge in [-0.3, -0.25) is 9.78 Å². The molecule has 0 aliphatic rings. The minimum atomic E-state index is -0.255. The number of nitrogens with one attached hydrogen (secondary N) is 1. The molecule has 1 aromatic heterocycles. The molecule has 1 amide bonds. The molecular weight excluding hydrogens is 286 g/mol. The van der Waals surface area contributed by atoms with Crippen molar-refractivity contribution in [2.45, 2.75) is 0 Å². The first-order valence-corrected chi connectivity index (χ1v) is 7.24. The second kappa shape index (κ2) is 7.13. The smallest absolute Gasteiger partial charge is 0.267 e. The van der Waals surface area contributed by atoms with Crippen LogP contribution >= 0.6 is 0 Å². The van der Waals surface area contributed by atoms with Crippen LogP contribution in [0.5, 0.6) is 0 Å². The van der Waals surface area contributed by atoms with Crippen LogP contribution in [0, 0.1) is 0 Å². The summed E-state index contributed by atoms with van der Waals surface area (Å²) in [5, 5.41) is 4.30. The predicted octanol–water partition coefficient (Wildman–Crippen LogP) is 3.26. The van der Waals surface area contributed by atoms with Crippen LogP contribution in [0.2, 0.25) is 0 Å². The van der Waals surface area contributed by atoms with E-state index in [-0.39, 0.29) is 5.91 Å². The summed E-state index contributed by atoms with van der Waals surface area (Å²) in [4.78, 5) is 16.5. The van der Waals surface area contributed by atoms with Crippen LogP contribution in [-0.4, -0.2) is 16.6 Å². The lowest BCUT2D eigenvalue weighted by Crippen LogP contribution is -2.21. The first-order valence-electron chi connectivity index (χ1n) is 7.24. The van der Waals surface area contributed by atoms with Crippen LogP contribution in [0.15, 0.2) is 90.2 Å². The molecule has 1 N–H and O–H groups in total. The molecule has 23 heavy (non-hydrogen) atoms. The van der Waals surface area contributed by atoms with E-state index in [2.05, 4.69) is 15.5 Å². The number of hydrazone groups is 1. The van der Waals surface area contributed by atoms with E-state index in [0.717, 1.165) is 5.56 Å². The highest BCUT2D eigenvalue weighted by molar-refractivity contribution is 6.12. The molecule has 0 spiro atoms. The Morgan fingerprint density at radius 2 is 1.39 bits per heavy atom. The SMILES string of the molecule is O=C(N/N=C(/c1ccccc1)c1ccccn1)c1ccccc1. The van der Waals surface area contributed by atoms with Gasteiger partial charge in [0.15, 0.2) is 0 Å². The number of hydrogen-bond donors (Lipinski definition) is 1. The summed E-state index contributed by atoms with van der Waals surface area (Å²) in [6, 6.07) is 24.2. The summed E-state index contributed by atoms with van der Waals surface area (Å²) in [5.74, 6) is -0.255. The fourth-order valence-corrected chi connectivity index (χ4v) is 2.13. The molecule has 4 heteroatoms. The van der Waals surface area contributed by atoms with E-state index in [1.54, 1.807) is 18.3 Å². The fourth-order valence-electron chi connectivity index (χ4n) is 2.13. The van der Waals surface area contributed by atoms with Gasteiger partial charge in [-0.25, -0.2) is 5.43 Å². The van der Waals surface area contributed by atoms with Gasteiger partial charge >= 0.3 is 0 Å². The molecule has 0 aliphatic carbocycles. The molecule has 0 saturated carbocycles. The van der Waals surface area contributed by atoms with Crippen LogP contribution in [0.1, 0.15) is 21.6 Å². The number of pyridine rings is 1. The molecule has 0 radical (unpaired) electrons. The summed E-state index contributed by atoms with van der Waals surface area (Å²) >= 11 is 0. The molecule has 0 bridgehead atoms. The van der Waals surface area contributed by atoms with Crippen molar-refractivity contribution >= 4 is 11.6 Å². The maximum atomic E-state index is 12.2. The van der Waals surface area contributed by atoms with Gasteiger partial charge in [-0.1, -0.05) is 54.6 Å². The molecule has 0 unspecified atom stereocenters. The molecule has 1 heterocycles. The zero-order valence-electron chi connectivity index (χ0n) is 12.4. The van der Waals surface area contributed by atoms with Crippen molar-refractivity contribution in [2.24, 2.45) is 5.10 Å². The largest absolute Gasteiger partial charge is 0.271 e. The Bertz CT molecular complexity index is 758. The zero-order valence-corrected chi connectivity index (χ0v) is 12.4. The highest BCUT2D eigenvalue weighted by Crippen LogP contribution is 2.08. The second-order valence-corrected chi connectivity index (χ2v) is 4.85. The maximum Gasteiger partial charge on any atom is 0.271 e. The lowest BCUT2D eigenvalue weighted by molar-refractivity contribution is 0.0955. The third kappa shape index (κ3) is 3.68. The van der Waals surface area contributed by atoms with Gasteiger partial charge in [0.1, 0.15) is 5.71 Å². The Morgan fingerprint density at radius 3 is 2.00 bits per heavy atom. The second-order valence-electron chi connectivity index (χ2n) is 4.85. The molecule has 0 atom stereocenters. The Labute approximate surface area is 134 Å². The minimum absolute atomic E-state index is 0.255. The lowest BCUT2D eigenvalue weighted by Gasteiger charge is -2.07. The summed E-state index contributed by atoms with van der Waals surface area (Å²) in [6.07, 6.45) is 1.70. The third-order valence-electron chi connectivity index (χ3n) is 3.26. The van der Waals surface area contributed by atoms with E-state index in [0.29, 0.717) is 17.0 Å². The number of nitrogens with zero attached hydrogens (tertiary/aromatic N) is 2. The first kappa shape index (κ1) is 14.7. The van der Waals surface area contributed by atoms with Crippen LogP contribution in [0.25, 0.3) is 0 Å². The van der Waals surface area contributed by atoms with E-state index >= 15 is 0 Å². The summed E-state index contributed by atoms with van der Waals surface area (Å²) in [5.41, 5.74) is 5.38. The number of hydrogen-bond acceptors (Lipinski definition) is 3. The van der Waals surface area contributed by atoms with Crippen molar-refractivity contribution < 1.29 is 4.79 Å². The van der Waals surface area contributed by atoms with Gasteiger partial charge in [0.25, 0.3) is 5.91 Å². The summed E-state index contributed by atoms with van der Waals surface area (Å²) in [7, 11) is 0. The monoisotopic (exact) mass is 301 g/mol. The van der Waals surface area contributed by atoms with Crippen LogP contribution in [0.3, 0.4) is 0 Å². The van der Waals surface area contributed by atoms with E-state index in [9.17, 15) is 4.79 Å². The number of carbonyl (C=O) groups excluding carboxylic acids is 1. The molecule has 3 rings (SSSR count). The van der Waals surface area contributed by atoms with Crippen molar-refractivity contribution in [3.8, 4) is 0 Å². The summed E-state index contributed by atoms with van der Waals surface area (Å²) < 4.78 is 0. The molecule has 2 aromatic carbocycles. The summed E-state index contributed by atoms with van der Waals surface area (Å²) in [6.45, 7) is 0. The Hall–Kier alpha value is -3.27. The third-order valence-corrected chi connectivity index (χ3v) is 3.26. The number of aromatic nitrogens is 1. The zero-order chi connectivity index (χ0) is 15.9. The first-order chi connectivity index (χ1) is 11.3. The molecule has 0 fully saturated rings. The Kier molecular flexibility index (Phi) is 4.55. The molecule has 112 valence electrons. The van der Waals surface area contributed by atoms with E-state index in [4.69, 9.17) is 0 Å². The maximum absolute atomic E-state index is 12.2. The normalized spacial score (nSPS) is 11.0. The molecule has 3 aromatic rings. The van der Waals surface area contributed by atoms with E-state index in [1.807, 2.05) is 66.7 Å². The number of rotatable bonds is 4. The van der Waals surface area contributed by atoms with Gasteiger partial charge in [0.05, 0.1) is 5.69 Å². The van der Waals surface area contributed by atoms with Crippen molar-refractivity contribution in [3.63, 3.8) is 0 Å². The Morgan fingerprint density at radius 1 is 0.783 bits per heavy atom. The van der Waals surface area contributed by atoms with Gasteiger partial charge in [-0.15, -0.1) is 0 Å². The minimum Gasteiger partial charge on any atom is -0.267 e. The fraction of sp³-hybridized carbons (Fsp3) is 0. The number of benzene rings is 2. The number of amides is 1. The van der Waals surface area contributed by atoms with Gasteiger partial charge in [-0.2, -0.15) is 5.10 Å². The van der Waals surface area contributed by atoms with Crippen molar-refractivity contribution in [1.29, 1.82) is 0 Å². The molecule has 0 aliphatic heterocycles. The van der Waals surface area contributed by atoms with Gasteiger partial charge in [0, 0.05) is 17.3 Å². The van der Waals surface area contributed by atoms with Crippen LogP contribution in [-0.2, 0) is 0 Å². The standard InChI is InChI=1S/C19H15N3O/c23-19(16-11-5-2-6-12-16)22-21-18(15-9-3-1-4-10-15)17-13-7-8-14-20-17/h1-14H,(H,22,23)/b21-18-. The van der Waals surface area contributed by atoms with Gasteiger partial charge in [0.2, 0.25) is 0 Å². The quantitative estimate of drug-likeness (QED) is 0.594. The van der Waals surface area contributed by atoms with Crippen LogP contribution < -0.4 is 5.43 Å². The number of carbonyl (C=O) groups is 1. The lowest BCUT2D eigenvalue weighted by atomic mass is 10.1. The van der Waals surface area contributed by atoms with E-state index < -0.39 is 0 Å². The highest BCUT2D eigenvalue weighted by Gasteiger charge is 2.09. The topological polar surface area (TPSA) is 54.4 Å². The highest BCUT2D eigenvalue weighted by atomic mass is 16.2. The van der Waals surface area contributed by atoms with Gasteiger partial charge in [-0.05, 0) is 24.3 Å². The van der Waals surface area contributed by atoms with Gasteiger partial charge < -0.3 is 0 Å². The van der Waals surface area contributed by atoms with E-state index in [1.165, 1.54) is 0 Å². The molecule has 4 nitrogen and oxygen atoms in total. The van der Waals surface area contributed by atoms with Crippen molar-refractivity contribution in [2.75, 3.05) is 0 Å². The van der Waals surface area contributed by atoms with Crippen molar-refractivity contribution in [3.05, 3.63) is 102 Å².